The largest absolute Gasteiger partial charge is 0.452 e. The van der Waals surface area contributed by atoms with Crippen LogP contribution < -0.4 is 5.43 Å². The normalized spacial score (nSPS) is 10.8. The minimum Gasteiger partial charge on any atom is -0.452 e. The number of carbonyl (C=O) groups is 1. The molecule has 0 aliphatic rings. The summed E-state index contributed by atoms with van der Waals surface area (Å²) in [7, 11) is 0.989. The van der Waals surface area contributed by atoms with Crippen molar-refractivity contribution in [3.8, 4) is 0 Å². The van der Waals surface area contributed by atoms with E-state index in [0.29, 0.717) is 0 Å². The molecule has 0 bridgehead atoms. The predicted octanol–water partition coefficient (Wildman–Crippen LogP) is 2.07. The third-order valence-electron chi connectivity index (χ3n) is 1.78. The molecular weight excluding hydrogens is 263 g/mol. The molecule has 0 atom stereocenters. The fourth-order valence-corrected chi connectivity index (χ4v) is 0.930. The van der Waals surface area contributed by atoms with Crippen molar-refractivity contribution in [2.45, 2.75) is 0 Å². The maximum Gasteiger partial charge on any atom is 0.427 e. The highest BCUT2D eigenvalue weighted by molar-refractivity contribution is 5.81. The second-order valence-corrected chi connectivity index (χ2v) is 2.85. The van der Waals surface area contributed by atoms with E-state index < -0.39 is 40.7 Å². The van der Waals surface area contributed by atoms with Crippen LogP contribution in [0.3, 0.4) is 0 Å². The first-order valence-electron chi connectivity index (χ1n) is 4.28. The van der Waals surface area contributed by atoms with Gasteiger partial charge < -0.3 is 4.74 Å². The van der Waals surface area contributed by atoms with Crippen molar-refractivity contribution in [2.24, 2.45) is 5.10 Å². The lowest BCUT2D eigenvalue weighted by molar-refractivity contribution is 0.171. The number of benzene rings is 1. The number of hydrogen-bond donors (Lipinski definition) is 1. The van der Waals surface area contributed by atoms with Crippen LogP contribution in [0.4, 0.5) is 26.7 Å². The van der Waals surface area contributed by atoms with E-state index in [1.54, 1.807) is 5.43 Å². The Morgan fingerprint density at radius 3 is 1.94 bits per heavy atom. The quantitative estimate of drug-likeness (QED) is 0.293. The first kappa shape index (κ1) is 13.9. The molecule has 4 nitrogen and oxygen atoms in total. The predicted molar refractivity (Wildman–Crippen MR) is 49.4 cm³/mol. The van der Waals surface area contributed by atoms with Crippen LogP contribution in [-0.4, -0.2) is 19.4 Å². The maximum absolute atomic E-state index is 13.1. The summed E-state index contributed by atoms with van der Waals surface area (Å²) in [6, 6.07) is 0. The fourth-order valence-electron chi connectivity index (χ4n) is 0.930. The fraction of sp³-hybridized carbons (Fsp3) is 0.111. The van der Waals surface area contributed by atoms with Crippen LogP contribution in [0.15, 0.2) is 5.10 Å². The minimum atomic E-state index is -2.27. The Kier molecular flexibility index (Phi) is 4.18. The molecule has 0 saturated heterocycles. The van der Waals surface area contributed by atoms with Gasteiger partial charge in [0.25, 0.3) is 0 Å². The van der Waals surface area contributed by atoms with Gasteiger partial charge in [0.05, 0.1) is 18.9 Å². The number of methoxy groups -OCH3 is 1. The smallest absolute Gasteiger partial charge is 0.427 e. The highest BCUT2D eigenvalue weighted by Gasteiger charge is 2.24. The summed E-state index contributed by atoms with van der Waals surface area (Å²) in [4.78, 5) is 10.5. The summed E-state index contributed by atoms with van der Waals surface area (Å²) in [6.45, 7) is 0. The van der Waals surface area contributed by atoms with Gasteiger partial charge in [0.15, 0.2) is 23.3 Å². The van der Waals surface area contributed by atoms with Crippen LogP contribution in [0.5, 0.6) is 0 Å². The standard InChI is InChI=1S/C9H5F5N2O2/c1-18-9(17)16-15-2-3-4(10)6(12)8(14)7(13)5(3)11/h2H,1H3,(H,16,17)/b15-2-. The van der Waals surface area contributed by atoms with Crippen molar-refractivity contribution in [1.29, 1.82) is 0 Å². The number of halogens is 5. The molecule has 9 heteroatoms. The number of amides is 1. The van der Waals surface area contributed by atoms with Crippen molar-refractivity contribution in [3.05, 3.63) is 34.6 Å². The van der Waals surface area contributed by atoms with Gasteiger partial charge in [-0.3, -0.25) is 0 Å². The Morgan fingerprint density at radius 2 is 1.50 bits per heavy atom. The molecule has 1 aromatic rings. The molecule has 1 aromatic carbocycles. The van der Waals surface area contributed by atoms with Gasteiger partial charge in [-0.2, -0.15) is 5.10 Å². The molecule has 0 unspecified atom stereocenters. The molecule has 0 saturated carbocycles. The van der Waals surface area contributed by atoms with Gasteiger partial charge in [0.1, 0.15) is 0 Å². The zero-order chi connectivity index (χ0) is 13.9. The summed E-state index contributed by atoms with van der Waals surface area (Å²) in [5.74, 6) is -10.6. The zero-order valence-corrected chi connectivity index (χ0v) is 8.73. The van der Waals surface area contributed by atoms with E-state index in [0.717, 1.165) is 7.11 Å². The molecule has 0 heterocycles. The summed E-state index contributed by atoms with van der Waals surface area (Å²) in [6.07, 6.45) is -0.803. The second-order valence-electron chi connectivity index (χ2n) is 2.85. The van der Waals surface area contributed by atoms with Crippen molar-refractivity contribution < 1.29 is 31.5 Å². The van der Waals surface area contributed by atoms with Gasteiger partial charge in [-0.05, 0) is 0 Å². The van der Waals surface area contributed by atoms with E-state index in [2.05, 4.69) is 9.84 Å². The Balaban J connectivity index is 3.14. The lowest BCUT2D eigenvalue weighted by Gasteiger charge is -2.03. The van der Waals surface area contributed by atoms with E-state index in [-0.39, 0.29) is 6.21 Å². The monoisotopic (exact) mass is 268 g/mol. The zero-order valence-electron chi connectivity index (χ0n) is 8.73. The number of ether oxygens (including phenoxy) is 1. The molecule has 0 aliphatic carbocycles. The minimum absolute atomic E-state index is 0.271. The van der Waals surface area contributed by atoms with E-state index in [1.807, 2.05) is 0 Å². The Hall–Kier alpha value is -2.19. The highest BCUT2D eigenvalue weighted by atomic mass is 19.2. The number of nitrogens with one attached hydrogen (secondary N) is 1. The molecule has 0 aromatic heterocycles. The third-order valence-corrected chi connectivity index (χ3v) is 1.78. The molecule has 0 radical (unpaired) electrons. The first-order chi connectivity index (χ1) is 8.40. The Labute approximate surface area is 97.0 Å². The Morgan fingerprint density at radius 1 is 1.06 bits per heavy atom. The number of hydrazone groups is 1. The van der Waals surface area contributed by atoms with Crippen LogP contribution in [0.25, 0.3) is 0 Å². The Bertz CT molecular complexity index is 489. The van der Waals surface area contributed by atoms with Crippen LogP contribution in [0, 0.1) is 29.1 Å². The molecule has 98 valence electrons. The van der Waals surface area contributed by atoms with Gasteiger partial charge in [-0.25, -0.2) is 32.2 Å². The van der Waals surface area contributed by atoms with Crippen LogP contribution in [0.2, 0.25) is 0 Å². The van der Waals surface area contributed by atoms with Gasteiger partial charge in [0.2, 0.25) is 5.82 Å². The van der Waals surface area contributed by atoms with Crippen molar-refractivity contribution in [2.75, 3.05) is 7.11 Å². The average Bonchev–Trinajstić information content (AvgIpc) is 2.37. The third kappa shape index (κ3) is 2.55. The summed E-state index contributed by atoms with van der Waals surface area (Å²) in [5.41, 5.74) is 0.350. The van der Waals surface area contributed by atoms with Gasteiger partial charge in [0, 0.05) is 0 Å². The van der Waals surface area contributed by atoms with E-state index in [1.165, 1.54) is 0 Å². The topological polar surface area (TPSA) is 50.7 Å². The molecule has 1 rings (SSSR count). The number of rotatable bonds is 2. The van der Waals surface area contributed by atoms with Crippen LogP contribution in [0.1, 0.15) is 5.56 Å². The molecule has 0 spiro atoms. The number of nitrogens with zero attached hydrogens (tertiary/aromatic N) is 1. The molecule has 18 heavy (non-hydrogen) atoms. The second kappa shape index (κ2) is 5.43. The van der Waals surface area contributed by atoms with E-state index in [9.17, 15) is 26.7 Å². The van der Waals surface area contributed by atoms with Crippen molar-refractivity contribution >= 4 is 12.3 Å². The molecular formula is C9H5F5N2O2. The molecule has 1 N–H and O–H groups in total. The highest BCUT2D eigenvalue weighted by Crippen LogP contribution is 2.21. The maximum atomic E-state index is 13.1. The summed E-state index contributed by atoms with van der Waals surface area (Å²) >= 11 is 0. The average molecular weight is 268 g/mol. The van der Waals surface area contributed by atoms with Crippen LogP contribution in [-0.2, 0) is 4.74 Å². The first-order valence-corrected chi connectivity index (χ1v) is 4.28. The van der Waals surface area contributed by atoms with Gasteiger partial charge in [-0.15, -0.1) is 0 Å². The van der Waals surface area contributed by atoms with Crippen molar-refractivity contribution in [1.82, 2.24) is 5.43 Å². The van der Waals surface area contributed by atoms with Crippen LogP contribution >= 0.6 is 0 Å². The summed E-state index contributed by atoms with van der Waals surface area (Å²) < 4.78 is 68.2. The van der Waals surface area contributed by atoms with Gasteiger partial charge in [-0.1, -0.05) is 0 Å². The number of hydrogen-bond acceptors (Lipinski definition) is 3. The number of carbonyl (C=O) groups excluding carboxylic acids is 1. The van der Waals surface area contributed by atoms with E-state index >= 15 is 0 Å². The summed E-state index contributed by atoms with van der Waals surface area (Å²) in [5, 5.41) is 2.96. The van der Waals surface area contributed by atoms with Gasteiger partial charge >= 0.3 is 6.09 Å². The lowest BCUT2D eigenvalue weighted by Crippen LogP contribution is -2.17. The molecule has 0 aliphatic heterocycles. The lowest BCUT2D eigenvalue weighted by atomic mass is 10.2. The van der Waals surface area contributed by atoms with E-state index in [4.69, 9.17) is 0 Å². The molecule has 0 fully saturated rings. The van der Waals surface area contributed by atoms with Crippen molar-refractivity contribution in [3.63, 3.8) is 0 Å². The SMILES string of the molecule is COC(=O)N/N=C\c1c(F)c(F)c(F)c(F)c1F. The molecule has 1 amide bonds.